The number of nitrogens with zero attached hydrogens (tertiary/aromatic N) is 1. The summed E-state index contributed by atoms with van der Waals surface area (Å²) in [7, 11) is 1.70. The van der Waals surface area contributed by atoms with E-state index >= 15 is 0 Å². The van der Waals surface area contributed by atoms with Gasteiger partial charge < -0.3 is 14.4 Å². The van der Waals surface area contributed by atoms with Crippen LogP contribution in [0.25, 0.3) is 0 Å². The van der Waals surface area contributed by atoms with Crippen LogP contribution in [0.15, 0.2) is 63.4 Å². The second-order valence-electron chi connectivity index (χ2n) is 13.3. The number of ether oxygens (including phenoxy) is 2. The van der Waals surface area contributed by atoms with Crippen LogP contribution in [-0.2, 0) is 20.9 Å². The zero-order valence-electron chi connectivity index (χ0n) is 24.9. The van der Waals surface area contributed by atoms with Crippen LogP contribution in [0.5, 0.6) is 5.75 Å². The molecule has 0 radical (unpaired) electrons. The molecule has 0 spiro atoms. The predicted octanol–water partition coefficient (Wildman–Crippen LogP) is 9.06. The second kappa shape index (κ2) is 12.1. The fourth-order valence-corrected chi connectivity index (χ4v) is 7.36. The third-order valence-corrected chi connectivity index (χ3v) is 9.65. The number of ketones is 2. The maximum atomic E-state index is 14.1. The Hall–Kier alpha value is -2.12. The van der Waals surface area contributed by atoms with Crippen LogP contribution in [0.4, 0.5) is 0 Å². The fraction of sp³-hybridized carbons (Fsp3) is 0.471. The van der Waals surface area contributed by atoms with E-state index in [2.05, 4.69) is 48.5 Å². The molecule has 0 fully saturated rings. The molecule has 5 rings (SSSR count). The standard InChI is InChI=1S/C34H38BrCl2NO4/c1-33(2)15-25-31(27(39)17-33)30(32-26(38(25)11-6-12-41-5)16-34(3,4)18-28(32)40)22-14-21(35)8-10-29(22)42-19-20-7-9-23(36)24(37)13-20/h7-10,13-14,30H,6,11-12,15-19H2,1-5H3. The van der Waals surface area contributed by atoms with Crippen molar-refractivity contribution >= 4 is 50.7 Å². The van der Waals surface area contributed by atoms with E-state index in [1.165, 1.54) is 0 Å². The minimum Gasteiger partial charge on any atom is -0.489 e. The topological polar surface area (TPSA) is 55.8 Å². The number of Topliss-reactive ketones (excluding diaryl/α,β-unsaturated/α-hetero) is 2. The second-order valence-corrected chi connectivity index (χ2v) is 15.0. The lowest BCUT2D eigenvalue weighted by atomic mass is 9.63. The first-order chi connectivity index (χ1) is 19.8. The van der Waals surface area contributed by atoms with Gasteiger partial charge in [-0.2, -0.15) is 0 Å². The van der Waals surface area contributed by atoms with Crippen LogP contribution in [0, 0.1) is 10.8 Å². The first-order valence-electron chi connectivity index (χ1n) is 14.5. The van der Waals surface area contributed by atoms with Crippen molar-refractivity contribution in [2.45, 2.75) is 72.3 Å². The molecule has 2 aliphatic carbocycles. The van der Waals surface area contributed by atoms with Gasteiger partial charge in [-0.05, 0) is 66.0 Å². The summed E-state index contributed by atoms with van der Waals surface area (Å²) in [5.74, 6) is 0.337. The number of carbonyl (C=O) groups is 2. The molecule has 0 saturated carbocycles. The van der Waals surface area contributed by atoms with Crippen LogP contribution >= 0.6 is 39.1 Å². The van der Waals surface area contributed by atoms with E-state index in [1.807, 2.05) is 24.3 Å². The van der Waals surface area contributed by atoms with Crippen LogP contribution in [0.2, 0.25) is 10.0 Å². The first kappa shape index (κ1) is 31.3. The number of benzene rings is 2. The number of carbonyl (C=O) groups excluding carboxylic acids is 2. The fourth-order valence-electron chi connectivity index (χ4n) is 6.66. The minimum atomic E-state index is -0.498. The molecule has 5 nitrogen and oxygen atoms in total. The molecule has 0 atom stereocenters. The molecule has 1 aliphatic heterocycles. The molecule has 8 heteroatoms. The average Bonchev–Trinajstić information content (AvgIpc) is 2.89. The quantitative estimate of drug-likeness (QED) is 0.262. The van der Waals surface area contributed by atoms with Crippen molar-refractivity contribution in [1.29, 1.82) is 0 Å². The Morgan fingerprint density at radius 3 is 2.07 bits per heavy atom. The third kappa shape index (κ3) is 6.38. The van der Waals surface area contributed by atoms with Gasteiger partial charge in [-0.3, -0.25) is 9.59 Å². The molecule has 2 aromatic rings. The molecule has 0 bridgehead atoms. The van der Waals surface area contributed by atoms with Crippen molar-refractivity contribution < 1.29 is 19.1 Å². The van der Waals surface area contributed by atoms with Crippen molar-refractivity contribution in [3.63, 3.8) is 0 Å². The van der Waals surface area contributed by atoms with Gasteiger partial charge in [-0.15, -0.1) is 0 Å². The van der Waals surface area contributed by atoms with Gasteiger partial charge in [0.15, 0.2) is 11.6 Å². The Balaban J connectivity index is 1.68. The van der Waals surface area contributed by atoms with Gasteiger partial charge in [0, 0.05) is 71.6 Å². The maximum Gasteiger partial charge on any atom is 0.162 e. The Morgan fingerprint density at radius 2 is 1.50 bits per heavy atom. The third-order valence-electron chi connectivity index (χ3n) is 8.41. The highest BCUT2D eigenvalue weighted by Crippen LogP contribution is 2.55. The van der Waals surface area contributed by atoms with Crippen LogP contribution in [-0.4, -0.2) is 36.7 Å². The summed E-state index contributed by atoms with van der Waals surface area (Å²) in [6.45, 7) is 10.2. The molecule has 0 N–H and O–H groups in total. The van der Waals surface area contributed by atoms with Crippen molar-refractivity contribution in [3.05, 3.63) is 84.6 Å². The van der Waals surface area contributed by atoms with Gasteiger partial charge in [-0.1, -0.05) is 72.9 Å². The summed E-state index contributed by atoms with van der Waals surface area (Å²) in [5, 5.41) is 0.948. The van der Waals surface area contributed by atoms with Crippen LogP contribution < -0.4 is 4.74 Å². The number of hydrogen-bond acceptors (Lipinski definition) is 5. The number of halogens is 3. The zero-order valence-corrected chi connectivity index (χ0v) is 28.0. The molecular formula is C34H38BrCl2NO4. The van der Waals surface area contributed by atoms with Crippen molar-refractivity contribution in [2.75, 3.05) is 20.3 Å². The van der Waals surface area contributed by atoms with Crippen molar-refractivity contribution in [3.8, 4) is 5.75 Å². The van der Waals surface area contributed by atoms with Gasteiger partial charge in [0.25, 0.3) is 0 Å². The molecule has 0 aromatic heterocycles. The molecular weight excluding hydrogens is 637 g/mol. The minimum absolute atomic E-state index is 0.0996. The van der Waals surface area contributed by atoms with E-state index in [4.69, 9.17) is 32.7 Å². The highest BCUT2D eigenvalue weighted by Gasteiger charge is 2.49. The van der Waals surface area contributed by atoms with E-state index in [1.54, 1.807) is 19.2 Å². The van der Waals surface area contributed by atoms with E-state index in [-0.39, 0.29) is 29.0 Å². The number of hydrogen-bond donors (Lipinski definition) is 0. The molecule has 1 heterocycles. The van der Waals surface area contributed by atoms with E-state index in [0.29, 0.717) is 41.8 Å². The molecule has 0 unspecified atom stereocenters. The van der Waals surface area contributed by atoms with Gasteiger partial charge in [0.05, 0.1) is 10.0 Å². The Kier molecular flexibility index (Phi) is 9.03. The maximum absolute atomic E-state index is 14.1. The van der Waals surface area contributed by atoms with Crippen LogP contribution in [0.1, 0.15) is 76.8 Å². The smallest absolute Gasteiger partial charge is 0.162 e. The van der Waals surface area contributed by atoms with E-state index in [9.17, 15) is 9.59 Å². The molecule has 2 aromatic carbocycles. The summed E-state index contributed by atoms with van der Waals surface area (Å²) in [6.07, 6.45) is 3.19. The number of allylic oxidation sites excluding steroid dienone is 4. The molecule has 0 saturated heterocycles. The highest BCUT2D eigenvalue weighted by atomic mass is 79.9. The SMILES string of the molecule is COCCCN1C2=C(C(=O)CC(C)(C)C2)C(c2cc(Br)ccc2OCc2ccc(Cl)c(Cl)c2)C2=C1CC(C)(C)CC2=O. The van der Waals surface area contributed by atoms with Gasteiger partial charge in [0.2, 0.25) is 0 Å². The lowest BCUT2D eigenvalue weighted by Crippen LogP contribution is -2.44. The number of methoxy groups -OCH3 is 1. The normalized spacial score (nSPS) is 20.1. The van der Waals surface area contributed by atoms with Crippen molar-refractivity contribution in [1.82, 2.24) is 4.90 Å². The van der Waals surface area contributed by atoms with Gasteiger partial charge in [-0.25, -0.2) is 0 Å². The first-order valence-corrected chi connectivity index (χ1v) is 16.0. The predicted molar refractivity (Wildman–Crippen MR) is 171 cm³/mol. The monoisotopic (exact) mass is 673 g/mol. The largest absolute Gasteiger partial charge is 0.489 e. The Bertz CT molecular complexity index is 1440. The summed E-state index contributed by atoms with van der Waals surface area (Å²) in [4.78, 5) is 30.6. The number of rotatable bonds is 8. The Morgan fingerprint density at radius 1 is 0.881 bits per heavy atom. The average molecular weight is 675 g/mol. The lowest BCUT2D eigenvalue weighted by Gasteiger charge is -2.49. The summed E-state index contributed by atoms with van der Waals surface area (Å²) in [5.41, 5.74) is 4.87. The zero-order chi connectivity index (χ0) is 30.4. The molecule has 0 amide bonds. The van der Waals surface area contributed by atoms with Gasteiger partial charge in [0.1, 0.15) is 12.4 Å². The highest BCUT2D eigenvalue weighted by molar-refractivity contribution is 9.10. The summed E-state index contributed by atoms with van der Waals surface area (Å²) < 4.78 is 12.7. The lowest BCUT2D eigenvalue weighted by molar-refractivity contribution is -0.119. The molecule has 224 valence electrons. The van der Waals surface area contributed by atoms with Crippen LogP contribution in [0.3, 0.4) is 0 Å². The Labute approximate surface area is 267 Å². The summed E-state index contributed by atoms with van der Waals surface area (Å²) in [6, 6.07) is 11.3. The molecule has 3 aliphatic rings. The van der Waals surface area contributed by atoms with E-state index < -0.39 is 5.92 Å². The van der Waals surface area contributed by atoms with Gasteiger partial charge >= 0.3 is 0 Å². The van der Waals surface area contributed by atoms with E-state index in [0.717, 1.165) is 57.4 Å². The summed E-state index contributed by atoms with van der Waals surface area (Å²) >= 11 is 16.1. The van der Waals surface area contributed by atoms with Crippen molar-refractivity contribution in [2.24, 2.45) is 10.8 Å². The molecule has 42 heavy (non-hydrogen) atoms.